The highest BCUT2D eigenvalue weighted by molar-refractivity contribution is 6.67. The molecule has 200 valence electrons. The molecule has 0 radical (unpaired) electrons. The van der Waals surface area contributed by atoms with Crippen LogP contribution in [0.5, 0.6) is 0 Å². The lowest BCUT2D eigenvalue weighted by atomic mass is 9.99. The molecule has 0 aromatic heterocycles. The van der Waals surface area contributed by atoms with Crippen molar-refractivity contribution < 1.29 is 35.4 Å². The fourth-order valence-corrected chi connectivity index (χ4v) is 12.7. The Balaban J connectivity index is 6.43. The molecule has 0 fully saturated rings. The molecule has 11 heteroatoms. The molecular weight excluding hydrogens is 476 g/mol. The second-order valence-electron chi connectivity index (χ2n) is 8.01. The van der Waals surface area contributed by atoms with Crippen LogP contribution < -0.4 is 0 Å². The molecular formula is C22H52O8Si3. The second-order valence-corrected chi connectivity index (χ2v) is 17.4. The molecule has 0 saturated carbocycles. The van der Waals surface area contributed by atoms with E-state index in [1.54, 1.807) is 14.2 Å². The normalized spacial score (nSPS) is 15.1. The molecule has 0 bridgehead atoms. The van der Waals surface area contributed by atoms with Crippen LogP contribution in [-0.4, -0.2) is 80.0 Å². The van der Waals surface area contributed by atoms with Gasteiger partial charge in [-0.15, -0.1) is 0 Å². The maximum absolute atomic E-state index is 6.47. The first-order valence-corrected chi connectivity index (χ1v) is 18.8. The molecule has 33 heavy (non-hydrogen) atoms. The first-order valence-electron chi connectivity index (χ1n) is 12.6. The van der Waals surface area contributed by atoms with Gasteiger partial charge in [0.15, 0.2) is 0 Å². The topological polar surface area (TPSA) is 73.8 Å². The average Bonchev–Trinajstić information content (AvgIpc) is 2.80. The summed E-state index contributed by atoms with van der Waals surface area (Å²) in [6, 6.07) is 1.48. The predicted molar refractivity (Wildman–Crippen MR) is 139 cm³/mol. The zero-order valence-corrected chi connectivity index (χ0v) is 26.0. The first-order chi connectivity index (χ1) is 15.7. The largest absolute Gasteiger partial charge is 0.507 e. The van der Waals surface area contributed by atoms with Crippen LogP contribution in [-0.2, 0) is 35.4 Å². The third-order valence-electron chi connectivity index (χ3n) is 6.25. The van der Waals surface area contributed by atoms with E-state index in [0.717, 1.165) is 25.3 Å². The SMILES string of the molecule is CCO[Si](CCC(CC)(CC[Si](C)(OC)OC)[Si](OCC)(OCC)OCC)(OCC)OCC. The van der Waals surface area contributed by atoms with Crippen LogP contribution in [0.15, 0.2) is 0 Å². The summed E-state index contributed by atoms with van der Waals surface area (Å²) in [5.41, 5.74) is 0. The highest BCUT2D eigenvalue weighted by Crippen LogP contribution is 2.53. The maximum Gasteiger partial charge on any atom is 0.507 e. The molecule has 0 aliphatic heterocycles. The first kappa shape index (κ1) is 33.3. The molecule has 1 atom stereocenters. The van der Waals surface area contributed by atoms with E-state index >= 15 is 0 Å². The lowest BCUT2D eigenvalue weighted by Gasteiger charge is -2.46. The van der Waals surface area contributed by atoms with Crippen molar-refractivity contribution in [2.45, 2.75) is 91.4 Å². The molecule has 0 aliphatic carbocycles. The zero-order chi connectivity index (χ0) is 25.4. The van der Waals surface area contributed by atoms with Gasteiger partial charge in [0.25, 0.3) is 0 Å². The summed E-state index contributed by atoms with van der Waals surface area (Å²) in [7, 11) is -4.81. The third-order valence-corrected chi connectivity index (χ3v) is 16.3. The zero-order valence-electron chi connectivity index (χ0n) is 23.0. The summed E-state index contributed by atoms with van der Waals surface area (Å²) >= 11 is 0. The van der Waals surface area contributed by atoms with Crippen molar-refractivity contribution in [3.05, 3.63) is 0 Å². The monoisotopic (exact) mass is 528 g/mol. The Labute approximate surface area is 206 Å². The Morgan fingerprint density at radius 3 is 1.21 bits per heavy atom. The molecule has 0 amide bonds. The highest BCUT2D eigenvalue weighted by atomic mass is 28.4. The van der Waals surface area contributed by atoms with Crippen molar-refractivity contribution in [1.82, 2.24) is 0 Å². The number of hydrogen-bond acceptors (Lipinski definition) is 8. The van der Waals surface area contributed by atoms with Gasteiger partial charge in [-0.3, -0.25) is 0 Å². The van der Waals surface area contributed by atoms with Crippen molar-refractivity contribution in [1.29, 1.82) is 0 Å². The summed E-state index contributed by atoms with van der Waals surface area (Å²) in [5, 5.41) is -0.343. The smallest absolute Gasteiger partial charge is 0.398 e. The molecule has 1 unspecified atom stereocenters. The van der Waals surface area contributed by atoms with Crippen molar-refractivity contribution in [2.75, 3.05) is 53.9 Å². The van der Waals surface area contributed by atoms with E-state index in [2.05, 4.69) is 13.5 Å². The molecule has 8 nitrogen and oxygen atoms in total. The molecule has 0 aromatic rings. The minimum absolute atomic E-state index is 0.343. The van der Waals surface area contributed by atoms with Gasteiger partial charge in [0.05, 0.1) is 0 Å². The van der Waals surface area contributed by atoms with Crippen LogP contribution in [0.3, 0.4) is 0 Å². The van der Waals surface area contributed by atoms with Gasteiger partial charge in [-0.2, -0.15) is 0 Å². The Morgan fingerprint density at radius 1 is 0.545 bits per heavy atom. The standard InChI is InChI=1S/C22H52O8Si3/c1-11-22(18-20-31(10,23-8)24-9,33(28-15-5,29-16-6)30-17-7)19-21-32(25-12-2,26-13-3)27-14-4/h11-21H2,1-10H3. The Morgan fingerprint density at radius 2 is 0.909 bits per heavy atom. The fraction of sp³-hybridized carbons (Fsp3) is 1.00. The molecule has 0 N–H and O–H groups in total. The van der Waals surface area contributed by atoms with E-state index in [9.17, 15) is 0 Å². The summed E-state index contributed by atoms with van der Waals surface area (Å²) in [4.78, 5) is 0. The second kappa shape index (κ2) is 16.9. The molecule has 0 heterocycles. The van der Waals surface area contributed by atoms with E-state index in [1.807, 2.05) is 41.5 Å². The van der Waals surface area contributed by atoms with E-state index in [4.69, 9.17) is 35.4 Å². The summed E-state index contributed by atoms with van der Waals surface area (Å²) < 4.78 is 49.6. The molecule has 0 rings (SSSR count). The summed E-state index contributed by atoms with van der Waals surface area (Å²) in [5.74, 6) is 0. The highest BCUT2D eigenvalue weighted by Gasteiger charge is 2.61. The van der Waals surface area contributed by atoms with Gasteiger partial charge in [-0.1, -0.05) is 6.92 Å². The van der Waals surface area contributed by atoms with Gasteiger partial charge in [0, 0.05) is 64.9 Å². The average molecular weight is 529 g/mol. The van der Waals surface area contributed by atoms with E-state index in [-0.39, 0.29) is 5.04 Å². The Kier molecular flexibility index (Phi) is 17.1. The van der Waals surface area contributed by atoms with Gasteiger partial charge in [-0.25, -0.2) is 0 Å². The molecule has 0 saturated heterocycles. The van der Waals surface area contributed by atoms with Crippen molar-refractivity contribution in [3.63, 3.8) is 0 Å². The van der Waals surface area contributed by atoms with E-state index < -0.39 is 26.2 Å². The van der Waals surface area contributed by atoms with Crippen LogP contribution >= 0.6 is 0 Å². The molecule has 0 aromatic carbocycles. The van der Waals surface area contributed by atoms with Crippen LogP contribution in [0.2, 0.25) is 23.7 Å². The van der Waals surface area contributed by atoms with E-state index in [0.29, 0.717) is 45.7 Å². The van der Waals surface area contributed by atoms with Gasteiger partial charge < -0.3 is 35.4 Å². The quantitative estimate of drug-likeness (QED) is 0.173. The van der Waals surface area contributed by atoms with Gasteiger partial charge in [0.1, 0.15) is 0 Å². The number of hydrogen-bond donors (Lipinski definition) is 0. The van der Waals surface area contributed by atoms with Gasteiger partial charge >= 0.3 is 26.2 Å². The van der Waals surface area contributed by atoms with Gasteiger partial charge in [0.2, 0.25) is 0 Å². The minimum atomic E-state index is -3.10. The summed E-state index contributed by atoms with van der Waals surface area (Å²) in [6.45, 7) is 19.5. The van der Waals surface area contributed by atoms with Gasteiger partial charge in [-0.05, 0) is 73.4 Å². The lowest BCUT2D eigenvalue weighted by Crippen LogP contribution is -2.58. The predicted octanol–water partition coefficient (Wildman–Crippen LogP) is 5.38. The van der Waals surface area contributed by atoms with Crippen molar-refractivity contribution >= 4 is 26.2 Å². The summed E-state index contributed by atoms with van der Waals surface area (Å²) in [6.07, 6.45) is 2.42. The van der Waals surface area contributed by atoms with Crippen LogP contribution in [0.25, 0.3) is 0 Å². The minimum Gasteiger partial charge on any atom is -0.398 e. The third kappa shape index (κ3) is 9.37. The van der Waals surface area contributed by atoms with Crippen molar-refractivity contribution in [2.24, 2.45) is 0 Å². The van der Waals surface area contributed by atoms with Crippen LogP contribution in [0, 0.1) is 0 Å². The Hall–Kier alpha value is 0.331. The molecule has 0 aliphatic rings. The molecule has 0 spiro atoms. The van der Waals surface area contributed by atoms with Crippen LogP contribution in [0.4, 0.5) is 0 Å². The van der Waals surface area contributed by atoms with Crippen LogP contribution in [0.1, 0.15) is 67.7 Å². The lowest BCUT2D eigenvalue weighted by molar-refractivity contribution is 0.0348. The Bertz CT molecular complexity index is 462. The fourth-order valence-electron chi connectivity index (χ4n) is 4.30. The number of rotatable bonds is 22. The van der Waals surface area contributed by atoms with Crippen molar-refractivity contribution in [3.8, 4) is 0 Å². The van der Waals surface area contributed by atoms with E-state index in [1.165, 1.54) is 0 Å². The maximum atomic E-state index is 6.47.